The summed E-state index contributed by atoms with van der Waals surface area (Å²) in [5.74, 6) is 0.824. The van der Waals surface area contributed by atoms with E-state index in [1.165, 1.54) is 13.3 Å². The van der Waals surface area contributed by atoms with Crippen molar-refractivity contribution in [1.82, 2.24) is 0 Å². The SMILES string of the molecule is COc1ccc(COC/C=[N+](/C)[O-])cc1. The molecule has 0 radical (unpaired) electrons. The van der Waals surface area contributed by atoms with Crippen LogP contribution in [0.4, 0.5) is 0 Å². The summed E-state index contributed by atoms with van der Waals surface area (Å²) in [7, 11) is 3.06. The average molecular weight is 209 g/mol. The first-order valence-corrected chi connectivity index (χ1v) is 4.66. The fraction of sp³-hybridized carbons (Fsp3) is 0.364. The van der Waals surface area contributed by atoms with Gasteiger partial charge in [-0.05, 0) is 17.7 Å². The van der Waals surface area contributed by atoms with Gasteiger partial charge >= 0.3 is 0 Å². The van der Waals surface area contributed by atoms with Crippen molar-refractivity contribution < 1.29 is 14.2 Å². The van der Waals surface area contributed by atoms with E-state index in [1.807, 2.05) is 24.3 Å². The van der Waals surface area contributed by atoms with Crippen LogP contribution in [0, 0.1) is 5.21 Å². The van der Waals surface area contributed by atoms with E-state index in [-0.39, 0.29) is 0 Å². The fourth-order valence-corrected chi connectivity index (χ4v) is 1.06. The highest BCUT2D eigenvalue weighted by molar-refractivity contribution is 5.52. The van der Waals surface area contributed by atoms with Gasteiger partial charge in [0.25, 0.3) is 0 Å². The summed E-state index contributed by atoms with van der Waals surface area (Å²) in [4.78, 5) is 0. The van der Waals surface area contributed by atoms with Crippen LogP contribution in [0.3, 0.4) is 0 Å². The lowest BCUT2D eigenvalue weighted by Crippen LogP contribution is -2.04. The molecule has 82 valence electrons. The maximum absolute atomic E-state index is 10.5. The van der Waals surface area contributed by atoms with Gasteiger partial charge in [0.2, 0.25) is 0 Å². The second-order valence-electron chi connectivity index (χ2n) is 3.09. The van der Waals surface area contributed by atoms with E-state index in [0.717, 1.165) is 16.1 Å². The van der Waals surface area contributed by atoms with Gasteiger partial charge in [-0.3, -0.25) is 0 Å². The largest absolute Gasteiger partial charge is 0.624 e. The summed E-state index contributed by atoms with van der Waals surface area (Å²) in [5, 5.41) is 10.5. The molecule has 0 spiro atoms. The van der Waals surface area contributed by atoms with Crippen molar-refractivity contribution in [2.24, 2.45) is 0 Å². The summed E-state index contributed by atoms with van der Waals surface area (Å²) < 4.78 is 11.0. The Bertz CT molecular complexity index is 315. The Morgan fingerprint density at radius 1 is 1.33 bits per heavy atom. The van der Waals surface area contributed by atoms with E-state index in [1.54, 1.807) is 7.11 Å². The normalized spacial score (nSPS) is 11.5. The van der Waals surface area contributed by atoms with Crippen molar-refractivity contribution >= 4 is 6.21 Å². The van der Waals surface area contributed by atoms with E-state index < -0.39 is 0 Å². The number of hydroxylamine groups is 1. The third kappa shape index (κ3) is 4.46. The summed E-state index contributed by atoms with van der Waals surface area (Å²) in [6, 6.07) is 7.61. The first-order valence-electron chi connectivity index (χ1n) is 4.66. The lowest BCUT2D eigenvalue weighted by molar-refractivity contribution is -0.419. The smallest absolute Gasteiger partial charge is 0.176 e. The third-order valence-corrected chi connectivity index (χ3v) is 1.88. The van der Waals surface area contributed by atoms with Crippen LogP contribution in [0.1, 0.15) is 5.56 Å². The predicted molar refractivity (Wildman–Crippen MR) is 58.3 cm³/mol. The monoisotopic (exact) mass is 209 g/mol. The average Bonchev–Trinajstić information content (AvgIpc) is 2.25. The summed E-state index contributed by atoms with van der Waals surface area (Å²) in [6.45, 7) is 0.820. The molecule has 0 heterocycles. The topological polar surface area (TPSA) is 44.5 Å². The summed E-state index contributed by atoms with van der Waals surface area (Å²) in [6.07, 6.45) is 1.43. The van der Waals surface area contributed by atoms with E-state index in [2.05, 4.69) is 0 Å². The molecule has 1 rings (SSSR count). The van der Waals surface area contributed by atoms with Crippen molar-refractivity contribution in [2.45, 2.75) is 6.61 Å². The van der Waals surface area contributed by atoms with Gasteiger partial charge in [-0.15, -0.1) is 0 Å². The number of nitrogens with zero attached hydrogens (tertiary/aromatic N) is 1. The zero-order valence-corrected chi connectivity index (χ0v) is 8.97. The van der Waals surface area contributed by atoms with E-state index in [4.69, 9.17) is 9.47 Å². The quantitative estimate of drug-likeness (QED) is 0.242. The molecule has 0 saturated carbocycles. The molecule has 15 heavy (non-hydrogen) atoms. The van der Waals surface area contributed by atoms with Crippen LogP contribution in [-0.2, 0) is 11.3 Å². The standard InChI is InChI=1S/C11H15NO3/c1-12(13)7-8-15-9-10-3-5-11(14-2)6-4-10/h3-7H,8-9H2,1-2H3/b12-7-. The first-order chi connectivity index (χ1) is 7.22. The first kappa shape index (κ1) is 11.5. The molecule has 0 aliphatic rings. The number of methoxy groups -OCH3 is 1. The highest BCUT2D eigenvalue weighted by atomic mass is 16.5. The predicted octanol–water partition coefficient (Wildman–Crippen LogP) is 1.42. The molecule has 0 N–H and O–H groups in total. The van der Waals surface area contributed by atoms with Crippen LogP contribution in [0.15, 0.2) is 24.3 Å². The molecule has 4 heteroatoms. The van der Waals surface area contributed by atoms with Crippen LogP contribution < -0.4 is 4.74 Å². The van der Waals surface area contributed by atoms with Gasteiger partial charge in [-0.25, -0.2) is 4.74 Å². The molecule has 0 unspecified atom stereocenters. The Hall–Kier alpha value is -1.55. The van der Waals surface area contributed by atoms with Gasteiger partial charge in [0.05, 0.1) is 13.7 Å². The van der Waals surface area contributed by atoms with Gasteiger partial charge in [0.15, 0.2) is 6.21 Å². The van der Waals surface area contributed by atoms with E-state index >= 15 is 0 Å². The molecule has 0 aliphatic carbocycles. The van der Waals surface area contributed by atoms with Gasteiger partial charge in [0.1, 0.15) is 19.4 Å². The number of hydrogen-bond donors (Lipinski definition) is 0. The van der Waals surface area contributed by atoms with Crippen molar-refractivity contribution in [2.75, 3.05) is 20.8 Å². The minimum Gasteiger partial charge on any atom is -0.624 e. The molecular weight excluding hydrogens is 194 g/mol. The molecule has 4 nitrogen and oxygen atoms in total. The molecular formula is C11H15NO3. The Morgan fingerprint density at radius 3 is 2.53 bits per heavy atom. The van der Waals surface area contributed by atoms with Crippen molar-refractivity contribution in [3.8, 4) is 5.75 Å². The second kappa shape index (κ2) is 6.03. The molecule has 1 aromatic rings. The van der Waals surface area contributed by atoms with Crippen molar-refractivity contribution in [1.29, 1.82) is 0 Å². The highest BCUT2D eigenvalue weighted by Crippen LogP contribution is 2.11. The lowest BCUT2D eigenvalue weighted by atomic mass is 10.2. The molecule has 0 fully saturated rings. The summed E-state index contributed by atoms with van der Waals surface area (Å²) in [5.41, 5.74) is 1.05. The Labute approximate surface area is 89.3 Å². The zero-order chi connectivity index (χ0) is 11.1. The molecule has 0 aromatic heterocycles. The molecule has 0 aliphatic heterocycles. The van der Waals surface area contributed by atoms with Gasteiger partial charge in [-0.2, -0.15) is 0 Å². The molecule has 0 saturated heterocycles. The van der Waals surface area contributed by atoms with Crippen molar-refractivity contribution in [3.63, 3.8) is 0 Å². The minimum absolute atomic E-state index is 0.325. The van der Waals surface area contributed by atoms with Crippen LogP contribution in [-0.4, -0.2) is 31.7 Å². The minimum atomic E-state index is 0.325. The summed E-state index contributed by atoms with van der Waals surface area (Å²) >= 11 is 0. The Kier molecular flexibility index (Phi) is 4.63. The molecule has 0 amide bonds. The van der Waals surface area contributed by atoms with Crippen LogP contribution in [0.25, 0.3) is 0 Å². The van der Waals surface area contributed by atoms with E-state index in [9.17, 15) is 5.21 Å². The molecule has 0 atom stereocenters. The van der Waals surface area contributed by atoms with Gasteiger partial charge in [0, 0.05) is 0 Å². The van der Waals surface area contributed by atoms with E-state index in [0.29, 0.717) is 13.2 Å². The van der Waals surface area contributed by atoms with Gasteiger partial charge < -0.3 is 14.7 Å². The van der Waals surface area contributed by atoms with Crippen LogP contribution in [0.5, 0.6) is 5.75 Å². The van der Waals surface area contributed by atoms with Gasteiger partial charge in [-0.1, -0.05) is 12.1 Å². The zero-order valence-electron chi connectivity index (χ0n) is 8.97. The highest BCUT2D eigenvalue weighted by Gasteiger charge is 1.94. The Balaban J connectivity index is 2.35. The maximum Gasteiger partial charge on any atom is 0.176 e. The number of hydrogen-bond acceptors (Lipinski definition) is 3. The number of rotatable bonds is 5. The molecule has 1 aromatic carbocycles. The second-order valence-corrected chi connectivity index (χ2v) is 3.09. The lowest BCUT2D eigenvalue weighted by Gasteiger charge is -2.03. The van der Waals surface area contributed by atoms with Crippen LogP contribution in [0.2, 0.25) is 0 Å². The van der Waals surface area contributed by atoms with Crippen LogP contribution >= 0.6 is 0 Å². The Morgan fingerprint density at radius 2 is 2.00 bits per heavy atom. The number of benzene rings is 1. The van der Waals surface area contributed by atoms with Crippen molar-refractivity contribution in [3.05, 3.63) is 35.0 Å². The molecule has 0 bridgehead atoms. The fourth-order valence-electron chi connectivity index (χ4n) is 1.06. The maximum atomic E-state index is 10.5. The number of ether oxygens (including phenoxy) is 2. The third-order valence-electron chi connectivity index (χ3n) is 1.88.